The molecule has 168 valence electrons. The van der Waals surface area contributed by atoms with Gasteiger partial charge in [0.05, 0.1) is 53.5 Å². The van der Waals surface area contributed by atoms with Crippen LogP contribution in [0.3, 0.4) is 0 Å². The van der Waals surface area contributed by atoms with Crippen LogP contribution >= 0.6 is 0 Å². The number of carbonyl (C=O) groups is 3. The number of hydrogen-bond acceptors (Lipinski definition) is 9. The van der Waals surface area contributed by atoms with Crippen LogP contribution in [0.4, 0.5) is 16.2 Å². The van der Waals surface area contributed by atoms with E-state index < -0.39 is 18.0 Å². The largest absolute Gasteiger partial charge is 0.478 e. The number of ether oxygens (including phenoxy) is 1. The van der Waals surface area contributed by atoms with Crippen molar-refractivity contribution in [2.75, 3.05) is 17.7 Å². The Morgan fingerprint density at radius 3 is 2.59 bits per heavy atom. The smallest absolute Gasteiger partial charge is 0.411 e. The van der Waals surface area contributed by atoms with Crippen LogP contribution in [0, 0.1) is 11.3 Å². The molecule has 2 aromatic carbocycles. The van der Waals surface area contributed by atoms with E-state index in [1.807, 2.05) is 6.07 Å². The van der Waals surface area contributed by atoms with Gasteiger partial charge in [-0.15, -0.1) is 0 Å². The molecule has 0 aliphatic carbocycles. The first-order valence-corrected chi connectivity index (χ1v) is 9.55. The third-order valence-electron chi connectivity index (χ3n) is 4.77. The quantitative estimate of drug-likeness (QED) is 0.401. The minimum atomic E-state index is -1.32. The van der Waals surface area contributed by atoms with E-state index in [9.17, 15) is 19.5 Å². The Morgan fingerprint density at radius 2 is 1.91 bits per heavy atom. The maximum absolute atomic E-state index is 13.0. The molecule has 0 aliphatic rings. The van der Waals surface area contributed by atoms with Crippen molar-refractivity contribution in [2.45, 2.75) is 0 Å². The van der Waals surface area contributed by atoms with Gasteiger partial charge in [-0.1, -0.05) is 5.16 Å². The van der Waals surface area contributed by atoms with Gasteiger partial charge in [-0.2, -0.15) is 15.5 Å². The van der Waals surface area contributed by atoms with Crippen LogP contribution in [0.15, 0.2) is 53.3 Å². The summed E-state index contributed by atoms with van der Waals surface area (Å²) in [5, 5.41) is 35.2. The second-order valence-corrected chi connectivity index (χ2v) is 6.80. The van der Waals surface area contributed by atoms with Crippen LogP contribution in [0.2, 0.25) is 0 Å². The minimum Gasteiger partial charge on any atom is -0.478 e. The topological polar surface area (TPSA) is 180 Å². The van der Waals surface area contributed by atoms with Crippen molar-refractivity contribution in [1.29, 1.82) is 5.26 Å². The number of fused-ring (bicyclic) bond motifs is 1. The number of carboxylic acid groups (broad SMARTS) is 1. The average Bonchev–Trinajstić information content (AvgIpc) is 3.27. The number of carbonyl (C=O) groups excluding carboxylic acids is 2. The van der Waals surface area contributed by atoms with Gasteiger partial charge in [0.15, 0.2) is 11.3 Å². The minimum absolute atomic E-state index is 0.0183. The second-order valence-electron chi connectivity index (χ2n) is 6.80. The number of aromatic nitrogens is 3. The van der Waals surface area contributed by atoms with Crippen molar-refractivity contribution in [3.63, 3.8) is 0 Å². The molecule has 2 amide bonds. The monoisotopic (exact) mass is 458 g/mol. The molecule has 0 aliphatic heterocycles. The first-order chi connectivity index (χ1) is 16.4. The van der Waals surface area contributed by atoms with E-state index >= 15 is 0 Å². The number of amides is 2. The predicted octanol–water partition coefficient (Wildman–Crippen LogP) is 3.29. The Kier molecular flexibility index (Phi) is 5.83. The highest BCUT2D eigenvalue weighted by Gasteiger charge is 2.22. The molecular weight excluding hydrogens is 444 g/mol. The molecule has 3 N–H and O–H groups in total. The highest BCUT2D eigenvalue weighted by molar-refractivity contribution is 6.14. The van der Waals surface area contributed by atoms with Crippen molar-refractivity contribution in [3.05, 3.63) is 65.6 Å². The molecule has 12 heteroatoms. The molecule has 4 rings (SSSR count). The van der Waals surface area contributed by atoms with Crippen molar-refractivity contribution >= 4 is 40.3 Å². The van der Waals surface area contributed by atoms with E-state index in [1.165, 1.54) is 37.7 Å². The first kappa shape index (κ1) is 21.9. The molecule has 2 heterocycles. The summed E-state index contributed by atoms with van der Waals surface area (Å²) < 4.78 is 9.94. The summed E-state index contributed by atoms with van der Waals surface area (Å²) in [5.74, 6) is -2.05. The van der Waals surface area contributed by atoms with Gasteiger partial charge in [-0.05, 0) is 30.3 Å². The molecule has 0 saturated carbocycles. The number of benzene rings is 2. The predicted molar refractivity (Wildman–Crippen MR) is 117 cm³/mol. The van der Waals surface area contributed by atoms with Crippen LogP contribution < -0.4 is 10.6 Å². The molecule has 12 nitrogen and oxygen atoms in total. The van der Waals surface area contributed by atoms with Crippen LogP contribution in [-0.4, -0.2) is 45.5 Å². The Morgan fingerprint density at radius 1 is 1.09 bits per heavy atom. The maximum atomic E-state index is 13.0. The summed E-state index contributed by atoms with van der Waals surface area (Å²) >= 11 is 0. The van der Waals surface area contributed by atoms with Gasteiger partial charge in [0.2, 0.25) is 0 Å². The number of carboxylic acids is 1. The Labute approximate surface area is 190 Å². The number of nitrogens with one attached hydrogen (secondary N) is 2. The molecule has 0 unspecified atom stereocenters. The van der Waals surface area contributed by atoms with Crippen molar-refractivity contribution < 1.29 is 28.8 Å². The molecule has 0 radical (unpaired) electrons. The molecule has 4 aromatic rings. The third-order valence-corrected chi connectivity index (χ3v) is 4.77. The van der Waals surface area contributed by atoms with Crippen LogP contribution in [-0.2, 0) is 4.74 Å². The third kappa shape index (κ3) is 4.21. The molecular formula is C22H14N6O6. The zero-order chi connectivity index (χ0) is 24.2. The summed E-state index contributed by atoms with van der Waals surface area (Å²) in [6.45, 7) is 0. The zero-order valence-corrected chi connectivity index (χ0v) is 17.4. The van der Waals surface area contributed by atoms with E-state index in [0.29, 0.717) is 22.2 Å². The Hall–Kier alpha value is -5.31. The number of rotatable bonds is 5. The number of methoxy groups -OCH3 is 1. The molecule has 0 atom stereocenters. The standard InChI is InChI=1S/C22H14N6O6/c1-33-22(32)27-17-8-18-15(7-13(17)12-4-5-24-25-10-12)19(28-34-18)20(29)26-16-3-2-11(9-23)6-14(16)21(30)31/h2-8,10H,1H3,(H,26,29)(H,27,32)(H,30,31). The number of aromatic carboxylic acids is 1. The van der Waals surface area contributed by atoms with E-state index in [-0.39, 0.29) is 28.1 Å². The SMILES string of the molecule is COC(=O)Nc1cc2onc(C(=O)Nc3ccc(C#N)cc3C(=O)O)c2cc1-c1ccnnc1. The molecule has 2 aromatic heterocycles. The van der Waals surface area contributed by atoms with Crippen LogP contribution in [0.1, 0.15) is 26.4 Å². The average molecular weight is 458 g/mol. The number of nitrogens with zero attached hydrogens (tertiary/aromatic N) is 4. The van der Waals surface area contributed by atoms with Crippen LogP contribution in [0.5, 0.6) is 0 Å². The lowest BCUT2D eigenvalue weighted by Gasteiger charge is -2.11. The van der Waals surface area contributed by atoms with Crippen LogP contribution in [0.25, 0.3) is 22.1 Å². The Bertz CT molecular complexity index is 1470. The number of hydrogen-bond donors (Lipinski definition) is 3. The summed E-state index contributed by atoms with van der Waals surface area (Å²) in [6, 6.07) is 10.4. The fourth-order valence-electron chi connectivity index (χ4n) is 3.18. The number of nitriles is 1. The van der Waals surface area contributed by atoms with Gasteiger partial charge in [-0.25, -0.2) is 9.59 Å². The normalized spacial score (nSPS) is 10.4. The summed E-state index contributed by atoms with van der Waals surface area (Å²) in [4.78, 5) is 36.4. The molecule has 0 bridgehead atoms. The van der Waals surface area contributed by atoms with Crippen molar-refractivity contribution in [3.8, 4) is 17.2 Å². The summed E-state index contributed by atoms with van der Waals surface area (Å²) in [6.07, 6.45) is 2.20. The highest BCUT2D eigenvalue weighted by atomic mass is 16.5. The van der Waals surface area contributed by atoms with Gasteiger partial charge in [0.1, 0.15) is 0 Å². The maximum Gasteiger partial charge on any atom is 0.411 e. The van der Waals surface area contributed by atoms with Crippen molar-refractivity contribution in [2.24, 2.45) is 0 Å². The summed E-state index contributed by atoms with van der Waals surface area (Å²) in [7, 11) is 1.22. The summed E-state index contributed by atoms with van der Waals surface area (Å²) in [5.41, 5.74) is 1.29. The van der Waals surface area contributed by atoms with Gasteiger partial charge >= 0.3 is 12.1 Å². The zero-order valence-electron chi connectivity index (χ0n) is 17.4. The Balaban J connectivity index is 1.77. The lowest BCUT2D eigenvalue weighted by atomic mass is 10.0. The molecule has 0 saturated heterocycles. The number of anilines is 2. The van der Waals surface area contributed by atoms with Crippen molar-refractivity contribution in [1.82, 2.24) is 15.4 Å². The first-order valence-electron chi connectivity index (χ1n) is 9.55. The lowest BCUT2D eigenvalue weighted by molar-refractivity contribution is 0.0698. The fraction of sp³-hybridized carbons (Fsp3) is 0.0455. The fourth-order valence-corrected chi connectivity index (χ4v) is 3.18. The molecule has 34 heavy (non-hydrogen) atoms. The van der Waals surface area contributed by atoms with Gasteiger partial charge in [0.25, 0.3) is 5.91 Å². The van der Waals surface area contributed by atoms with E-state index in [4.69, 9.17) is 9.78 Å². The molecule has 0 fully saturated rings. The van der Waals surface area contributed by atoms with Gasteiger partial charge in [0, 0.05) is 17.2 Å². The van der Waals surface area contributed by atoms with E-state index in [1.54, 1.807) is 12.1 Å². The van der Waals surface area contributed by atoms with Gasteiger partial charge < -0.3 is 19.7 Å². The second kappa shape index (κ2) is 9.05. The lowest BCUT2D eigenvalue weighted by Crippen LogP contribution is -2.15. The van der Waals surface area contributed by atoms with Gasteiger partial charge in [-0.3, -0.25) is 10.1 Å². The molecule has 0 spiro atoms. The highest BCUT2D eigenvalue weighted by Crippen LogP contribution is 2.34. The van der Waals surface area contributed by atoms with E-state index in [2.05, 4.69) is 30.7 Å². The van der Waals surface area contributed by atoms with E-state index in [0.717, 1.165) is 6.07 Å².